The fraction of sp³-hybridized carbons (Fsp3) is 0.875. The molecule has 0 saturated carbocycles. The maximum atomic E-state index is 12.8. The molecule has 0 aliphatic heterocycles. The summed E-state index contributed by atoms with van der Waals surface area (Å²) in [5.74, 6) is -1.50. The molecule has 0 fully saturated rings. The SMILES string of the molecule is O=C(OCCOCCOCCCl)C(F)(F)SOO[O-].[Na+]. The van der Waals surface area contributed by atoms with Gasteiger partial charge in [0.25, 0.3) is 0 Å². The van der Waals surface area contributed by atoms with Crippen LogP contribution in [0.4, 0.5) is 8.78 Å². The van der Waals surface area contributed by atoms with E-state index in [4.69, 9.17) is 21.1 Å². The van der Waals surface area contributed by atoms with Gasteiger partial charge in [-0.25, -0.2) is 4.79 Å². The Kier molecular flexibility index (Phi) is 16.9. The van der Waals surface area contributed by atoms with Crippen LogP contribution in [0.25, 0.3) is 0 Å². The monoisotopic (exact) mass is 348 g/mol. The summed E-state index contributed by atoms with van der Waals surface area (Å²) in [4.78, 5) is 10.8. The molecule has 0 aromatic heterocycles. The molecule has 0 spiro atoms. The Morgan fingerprint density at radius 3 is 2.25 bits per heavy atom. The smallest absolute Gasteiger partial charge is 0.691 e. The van der Waals surface area contributed by atoms with Crippen molar-refractivity contribution in [3.8, 4) is 0 Å². The Hall–Kier alpha value is 0.770. The fourth-order valence-corrected chi connectivity index (χ4v) is 1.09. The molecule has 20 heavy (non-hydrogen) atoms. The van der Waals surface area contributed by atoms with Crippen molar-refractivity contribution in [3.05, 3.63) is 0 Å². The van der Waals surface area contributed by atoms with E-state index in [9.17, 15) is 18.8 Å². The predicted octanol–water partition coefficient (Wildman–Crippen LogP) is -2.73. The zero-order valence-electron chi connectivity index (χ0n) is 10.6. The van der Waals surface area contributed by atoms with E-state index in [-0.39, 0.29) is 49.4 Å². The Morgan fingerprint density at radius 1 is 1.15 bits per heavy atom. The van der Waals surface area contributed by atoms with Crippen LogP contribution in [0.3, 0.4) is 0 Å². The van der Waals surface area contributed by atoms with Gasteiger partial charge in [-0.1, -0.05) is 0 Å². The van der Waals surface area contributed by atoms with Crippen LogP contribution in [0.5, 0.6) is 0 Å². The molecule has 0 aromatic carbocycles. The summed E-state index contributed by atoms with van der Waals surface area (Å²) in [6.07, 6.45) is 0. The van der Waals surface area contributed by atoms with E-state index < -0.39 is 23.3 Å². The van der Waals surface area contributed by atoms with Crippen LogP contribution in [-0.2, 0) is 28.4 Å². The third kappa shape index (κ3) is 12.5. The van der Waals surface area contributed by atoms with Crippen LogP contribution < -0.4 is 34.8 Å². The molecule has 7 nitrogen and oxygen atoms in total. The van der Waals surface area contributed by atoms with Crippen molar-refractivity contribution in [3.63, 3.8) is 0 Å². The van der Waals surface area contributed by atoms with Crippen molar-refractivity contribution >= 4 is 29.6 Å². The molecule has 0 N–H and O–H groups in total. The van der Waals surface area contributed by atoms with Gasteiger partial charge in [0.1, 0.15) is 18.6 Å². The molecule has 12 heteroatoms. The number of rotatable bonds is 12. The average Bonchev–Trinajstić information content (AvgIpc) is 2.39. The summed E-state index contributed by atoms with van der Waals surface area (Å²) in [6.45, 7) is 0.442. The molecule has 0 saturated heterocycles. The van der Waals surface area contributed by atoms with Crippen LogP contribution in [-0.4, -0.2) is 50.1 Å². The van der Waals surface area contributed by atoms with Gasteiger partial charge in [0.2, 0.25) is 0 Å². The van der Waals surface area contributed by atoms with Crippen LogP contribution in [0, 0.1) is 0 Å². The number of carbonyl (C=O) groups excluding carboxylic acids is 1. The van der Waals surface area contributed by atoms with Crippen LogP contribution in [0.2, 0.25) is 0 Å². The van der Waals surface area contributed by atoms with E-state index in [1.807, 2.05) is 0 Å². The van der Waals surface area contributed by atoms with E-state index in [1.165, 1.54) is 0 Å². The molecule has 0 heterocycles. The molecule has 0 unspecified atom stereocenters. The molecule has 0 radical (unpaired) electrons. The van der Waals surface area contributed by atoms with E-state index >= 15 is 0 Å². The fourth-order valence-electron chi connectivity index (χ4n) is 0.744. The summed E-state index contributed by atoms with van der Waals surface area (Å²) in [5, 5.41) is 8.00. The zero-order chi connectivity index (χ0) is 14.6. The van der Waals surface area contributed by atoms with Gasteiger partial charge in [-0.15, -0.1) is 11.6 Å². The third-order valence-corrected chi connectivity index (χ3v) is 2.11. The largest absolute Gasteiger partial charge is 1.00 e. The quantitative estimate of drug-likeness (QED) is 0.0715. The van der Waals surface area contributed by atoms with Crippen LogP contribution in [0.15, 0.2) is 0 Å². The third-order valence-electron chi connectivity index (χ3n) is 1.46. The molecule has 0 aliphatic carbocycles. The van der Waals surface area contributed by atoms with Gasteiger partial charge in [-0.3, -0.25) is 5.04 Å². The van der Waals surface area contributed by atoms with Gasteiger partial charge < -0.3 is 19.5 Å². The zero-order valence-corrected chi connectivity index (χ0v) is 14.2. The van der Waals surface area contributed by atoms with Gasteiger partial charge in [0, 0.05) is 5.88 Å². The van der Waals surface area contributed by atoms with E-state index in [0.29, 0.717) is 19.1 Å². The van der Waals surface area contributed by atoms with Crippen molar-refractivity contribution < 1.29 is 72.0 Å². The van der Waals surface area contributed by atoms with Crippen molar-refractivity contribution in [2.45, 2.75) is 5.25 Å². The Morgan fingerprint density at radius 2 is 1.70 bits per heavy atom. The molecule has 0 aliphatic rings. The molecular weight excluding hydrogens is 337 g/mol. The van der Waals surface area contributed by atoms with E-state index in [1.54, 1.807) is 0 Å². The van der Waals surface area contributed by atoms with E-state index in [2.05, 4.69) is 14.1 Å². The standard InChI is InChI=1S/C8H13ClF2O7S.Na/c9-1-2-14-3-4-15-5-6-16-7(12)8(10,11)19-18-17-13;/h13H,1-6H2;/q;+1/p-1. The van der Waals surface area contributed by atoms with E-state index in [0.717, 1.165) is 0 Å². The van der Waals surface area contributed by atoms with Gasteiger partial charge >= 0.3 is 40.8 Å². The van der Waals surface area contributed by atoms with Crippen LogP contribution in [0.1, 0.15) is 0 Å². The first-order chi connectivity index (χ1) is 9.04. The molecule has 0 aromatic rings. The van der Waals surface area contributed by atoms with Crippen molar-refractivity contribution in [1.29, 1.82) is 0 Å². The maximum absolute atomic E-state index is 12.8. The first kappa shape index (κ1) is 23.0. The predicted molar refractivity (Wildman–Crippen MR) is 58.0 cm³/mol. The second-order valence-electron chi connectivity index (χ2n) is 2.79. The summed E-state index contributed by atoms with van der Waals surface area (Å²) < 4.78 is 43.0. The van der Waals surface area contributed by atoms with Gasteiger partial charge in [-0.2, -0.15) is 13.1 Å². The first-order valence-corrected chi connectivity index (χ1v) is 6.23. The van der Waals surface area contributed by atoms with Gasteiger partial charge in [-0.05, 0) is 0 Å². The van der Waals surface area contributed by atoms with Crippen LogP contribution >= 0.6 is 23.6 Å². The Labute approximate surface area is 145 Å². The number of esters is 1. The number of alkyl halides is 3. The van der Waals surface area contributed by atoms with Crippen molar-refractivity contribution in [2.24, 2.45) is 0 Å². The minimum atomic E-state index is -4.03. The summed E-state index contributed by atoms with van der Waals surface area (Å²) in [6, 6.07) is 0. The summed E-state index contributed by atoms with van der Waals surface area (Å²) in [5.41, 5.74) is 0. The maximum Gasteiger partial charge on any atom is 1.00 e. The Balaban J connectivity index is 0. The molecule has 0 bridgehead atoms. The molecule has 0 rings (SSSR count). The molecule has 114 valence electrons. The second-order valence-corrected chi connectivity index (χ2v) is 3.98. The molecular formula is C8H12ClF2NaO7S. The molecule has 0 atom stereocenters. The van der Waals surface area contributed by atoms with Gasteiger partial charge in [0.05, 0.1) is 26.4 Å². The minimum Gasteiger partial charge on any atom is -0.691 e. The van der Waals surface area contributed by atoms with Crippen molar-refractivity contribution in [2.75, 3.05) is 38.9 Å². The summed E-state index contributed by atoms with van der Waals surface area (Å²) >= 11 is 4.59. The number of carbonyl (C=O) groups is 1. The topological polar surface area (TPSA) is 86.3 Å². The number of hydrogen-bond acceptors (Lipinski definition) is 8. The number of ether oxygens (including phenoxy) is 3. The second kappa shape index (κ2) is 14.7. The Bertz CT molecular complexity index is 253. The number of hydrogen-bond donors (Lipinski definition) is 0. The van der Waals surface area contributed by atoms with Crippen molar-refractivity contribution in [1.82, 2.24) is 0 Å². The summed E-state index contributed by atoms with van der Waals surface area (Å²) in [7, 11) is 0. The average molecular weight is 349 g/mol. The van der Waals surface area contributed by atoms with Gasteiger partial charge in [0.15, 0.2) is 0 Å². The molecule has 0 amide bonds. The minimum absolute atomic E-state index is 0. The number of halogens is 3. The first-order valence-electron chi connectivity index (χ1n) is 4.95. The normalized spacial score (nSPS) is 11.0.